The molecule has 0 radical (unpaired) electrons. The Bertz CT molecular complexity index is 369. The summed E-state index contributed by atoms with van der Waals surface area (Å²) in [6, 6.07) is 4.11. The molecule has 0 heterocycles. The van der Waals surface area contributed by atoms with Crippen LogP contribution in [0.5, 0.6) is 5.75 Å². The summed E-state index contributed by atoms with van der Waals surface area (Å²) in [6.07, 6.45) is 1.95. The van der Waals surface area contributed by atoms with Crippen molar-refractivity contribution >= 4 is 11.6 Å². The molecule has 17 heavy (non-hydrogen) atoms. The Morgan fingerprint density at radius 3 is 2.71 bits per heavy atom. The van der Waals surface area contributed by atoms with E-state index < -0.39 is 0 Å². The van der Waals surface area contributed by atoms with Crippen molar-refractivity contribution in [1.82, 2.24) is 5.32 Å². The summed E-state index contributed by atoms with van der Waals surface area (Å²) in [5.74, 6) is 0.908. The summed E-state index contributed by atoms with van der Waals surface area (Å²) >= 11 is 6.11. The van der Waals surface area contributed by atoms with Crippen LogP contribution in [0.1, 0.15) is 30.0 Å². The van der Waals surface area contributed by atoms with Crippen molar-refractivity contribution in [2.75, 3.05) is 20.7 Å². The molecule has 4 heteroatoms. The first kappa shape index (κ1) is 14.3. The molecule has 0 bridgehead atoms. The second kappa shape index (κ2) is 6.84. The lowest BCUT2D eigenvalue weighted by Crippen LogP contribution is -2.18. The Morgan fingerprint density at radius 2 is 2.18 bits per heavy atom. The van der Waals surface area contributed by atoms with Crippen molar-refractivity contribution < 1.29 is 4.74 Å². The summed E-state index contributed by atoms with van der Waals surface area (Å²) in [5, 5.41) is 4.03. The largest absolute Gasteiger partial charge is 0.496 e. The van der Waals surface area contributed by atoms with Gasteiger partial charge in [0.15, 0.2) is 0 Å². The lowest BCUT2D eigenvalue weighted by molar-refractivity contribution is 0.395. The van der Waals surface area contributed by atoms with Crippen LogP contribution in [0.3, 0.4) is 0 Å². The van der Waals surface area contributed by atoms with Gasteiger partial charge in [-0.3, -0.25) is 0 Å². The number of benzene rings is 1. The number of aryl methyl sites for hydroxylation is 1. The number of ether oxygens (including phenoxy) is 1. The maximum Gasteiger partial charge on any atom is 0.126 e. The van der Waals surface area contributed by atoms with E-state index in [1.165, 1.54) is 0 Å². The van der Waals surface area contributed by atoms with Gasteiger partial charge in [-0.05, 0) is 51.1 Å². The van der Waals surface area contributed by atoms with Crippen molar-refractivity contribution in [3.05, 3.63) is 28.3 Å². The molecule has 1 atom stereocenters. The number of halogens is 1. The maximum absolute atomic E-state index is 6.11. The highest BCUT2D eigenvalue weighted by atomic mass is 35.5. The molecule has 1 rings (SSSR count). The minimum atomic E-state index is 0.228. The molecule has 0 saturated carbocycles. The zero-order valence-electron chi connectivity index (χ0n) is 10.7. The average molecular weight is 257 g/mol. The fraction of sp³-hybridized carbons (Fsp3) is 0.538. The van der Waals surface area contributed by atoms with E-state index in [-0.39, 0.29) is 6.04 Å². The fourth-order valence-corrected chi connectivity index (χ4v) is 2.35. The molecular formula is C13H21ClN2O. The summed E-state index contributed by atoms with van der Waals surface area (Å²) < 4.78 is 5.46. The molecule has 0 aromatic heterocycles. The molecule has 0 saturated heterocycles. The second-order valence-corrected chi connectivity index (χ2v) is 4.55. The number of methoxy groups -OCH3 is 1. The number of nitrogens with one attached hydrogen (secondary N) is 1. The molecule has 0 fully saturated rings. The summed E-state index contributed by atoms with van der Waals surface area (Å²) in [5.41, 5.74) is 7.72. The third-order valence-electron chi connectivity index (χ3n) is 2.89. The van der Waals surface area contributed by atoms with Gasteiger partial charge in [-0.1, -0.05) is 11.6 Å². The van der Waals surface area contributed by atoms with Crippen LogP contribution in [-0.4, -0.2) is 20.7 Å². The molecule has 0 amide bonds. The average Bonchev–Trinajstić information content (AvgIpc) is 2.29. The van der Waals surface area contributed by atoms with Gasteiger partial charge in [0, 0.05) is 16.6 Å². The lowest BCUT2D eigenvalue weighted by atomic mass is 9.98. The molecule has 1 unspecified atom stereocenters. The van der Waals surface area contributed by atoms with Crippen LogP contribution in [0.2, 0.25) is 5.02 Å². The van der Waals surface area contributed by atoms with Gasteiger partial charge in [0.05, 0.1) is 7.11 Å². The van der Waals surface area contributed by atoms with Crippen molar-refractivity contribution in [3.8, 4) is 5.75 Å². The van der Waals surface area contributed by atoms with E-state index in [1.54, 1.807) is 7.11 Å². The van der Waals surface area contributed by atoms with Gasteiger partial charge in [0.2, 0.25) is 0 Å². The van der Waals surface area contributed by atoms with Crippen LogP contribution < -0.4 is 15.8 Å². The van der Waals surface area contributed by atoms with Crippen molar-refractivity contribution in [1.29, 1.82) is 0 Å². The second-order valence-electron chi connectivity index (χ2n) is 4.12. The topological polar surface area (TPSA) is 47.3 Å². The molecule has 1 aromatic rings. The zero-order chi connectivity index (χ0) is 12.8. The third kappa shape index (κ3) is 3.60. The molecular weight excluding hydrogens is 236 g/mol. The van der Waals surface area contributed by atoms with Gasteiger partial charge >= 0.3 is 0 Å². The normalized spacial score (nSPS) is 12.5. The van der Waals surface area contributed by atoms with Crippen LogP contribution in [-0.2, 0) is 0 Å². The van der Waals surface area contributed by atoms with Gasteiger partial charge < -0.3 is 15.8 Å². The first-order valence-corrected chi connectivity index (χ1v) is 6.23. The van der Waals surface area contributed by atoms with E-state index >= 15 is 0 Å². The molecule has 0 spiro atoms. The molecule has 1 aromatic carbocycles. The fourth-order valence-electron chi connectivity index (χ4n) is 2.07. The first-order chi connectivity index (χ1) is 8.13. The zero-order valence-corrected chi connectivity index (χ0v) is 11.5. The highest BCUT2D eigenvalue weighted by Gasteiger charge is 2.16. The first-order valence-electron chi connectivity index (χ1n) is 5.85. The van der Waals surface area contributed by atoms with E-state index in [0.29, 0.717) is 6.54 Å². The molecule has 0 aliphatic heterocycles. The smallest absolute Gasteiger partial charge is 0.126 e. The Kier molecular flexibility index (Phi) is 5.75. The Morgan fingerprint density at radius 1 is 1.47 bits per heavy atom. The monoisotopic (exact) mass is 256 g/mol. The van der Waals surface area contributed by atoms with E-state index in [4.69, 9.17) is 22.1 Å². The molecule has 0 aliphatic rings. The van der Waals surface area contributed by atoms with Crippen LogP contribution in [0, 0.1) is 6.92 Å². The maximum atomic E-state index is 6.11. The van der Waals surface area contributed by atoms with Crippen molar-refractivity contribution in [3.63, 3.8) is 0 Å². The van der Waals surface area contributed by atoms with Crippen molar-refractivity contribution in [2.45, 2.75) is 25.8 Å². The minimum absolute atomic E-state index is 0.228. The predicted molar refractivity (Wildman–Crippen MR) is 72.8 cm³/mol. The van der Waals surface area contributed by atoms with Crippen LogP contribution >= 0.6 is 11.6 Å². The number of nitrogens with two attached hydrogens (primary N) is 1. The Labute approximate surface area is 108 Å². The predicted octanol–water partition coefficient (Wildman–Crippen LogP) is 2.66. The van der Waals surface area contributed by atoms with Crippen molar-refractivity contribution in [2.24, 2.45) is 5.73 Å². The van der Waals surface area contributed by atoms with Crippen LogP contribution in [0.4, 0.5) is 0 Å². The van der Waals surface area contributed by atoms with E-state index in [0.717, 1.165) is 34.7 Å². The van der Waals surface area contributed by atoms with Crippen LogP contribution in [0.25, 0.3) is 0 Å². The van der Waals surface area contributed by atoms with Gasteiger partial charge in [0.1, 0.15) is 5.75 Å². The van der Waals surface area contributed by atoms with Gasteiger partial charge in [-0.25, -0.2) is 0 Å². The van der Waals surface area contributed by atoms with Gasteiger partial charge in [-0.15, -0.1) is 0 Å². The number of hydrogen-bond acceptors (Lipinski definition) is 3. The quantitative estimate of drug-likeness (QED) is 0.823. The standard InChI is InChI=1S/C13H21ClN2O/c1-9-7-10(14)8-11(13(9)17-3)12(16-2)5-4-6-15/h7-8,12,16H,4-6,15H2,1-3H3. The van der Waals surface area contributed by atoms with Crippen LogP contribution in [0.15, 0.2) is 12.1 Å². The van der Waals surface area contributed by atoms with Gasteiger partial charge in [0.25, 0.3) is 0 Å². The summed E-state index contributed by atoms with van der Waals surface area (Å²) in [6.45, 7) is 2.70. The highest BCUT2D eigenvalue weighted by Crippen LogP contribution is 2.33. The van der Waals surface area contributed by atoms with E-state index in [1.807, 2.05) is 26.1 Å². The molecule has 0 aliphatic carbocycles. The minimum Gasteiger partial charge on any atom is -0.496 e. The number of hydrogen-bond donors (Lipinski definition) is 2. The SMILES string of the molecule is CNC(CCCN)c1cc(Cl)cc(C)c1OC. The highest BCUT2D eigenvalue weighted by molar-refractivity contribution is 6.30. The molecule has 96 valence electrons. The van der Waals surface area contributed by atoms with E-state index in [9.17, 15) is 0 Å². The third-order valence-corrected chi connectivity index (χ3v) is 3.11. The molecule has 3 N–H and O–H groups in total. The molecule has 3 nitrogen and oxygen atoms in total. The summed E-state index contributed by atoms with van der Waals surface area (Å²) in [4.78, 5) is 0. The van der Waals surface area contributed by atoms with E-state index in [2.05, 4.69) is 5.32 Å². The lowest BCUT2D eigenvalue weighted by Gasteiger charge is -2.21. The Hall–Kier alpha value is -0.770. The Balaban J connectivity index is 3.07. The van der Waals surface area contributed by atoms with Gasteiger partial charge in [-0.2, -0.15) is 0 Å². The summed E-state index contributed by atoms with van der Waals surface area (Å²) in [7, 11) is 3.63. The number of rotatable bonds is 6.